The zero-order chi connectivity index (χ0) is 16.7. The third kappa shape index (κ3) is 5.00. The first kappa shape index (κ1) is 18.5. The van der Waals surface area contributed by atoms with Gasteiger partial charge in [0.25, 0.3) is 0 Å². The molecular formula is C13H18N2O5S2. The van der Waals surface area contributed by atoms with Gasteiger partial charge in [-0.1, -0.05) is 0 Å². The molecule has 0 aliphatic carbocycles. The first-order valence-corrected chi connectivity index (χ1v) is 7.95. The van der Waals surface area contributed by atoms with Crippen LogP contribution in [0.25, 0.3) is 0 Å². The molecule has 122 valence electrons. The number of nitrogens with two attached hydrogens (primary N) is 1. The van der Waals surface area contributed by atoms with E-state index in [9.17, 15) is 14.4 Å². The fraction of sp³-hybridized carbons (Fsp3) is 0.462. The van der Waals surface area contributed by atoms with Crippen LogP contribution >= 0.6 is 24.0 Å². The molecule has 0 saturated carbocycles. The van der Waals surface area contributed by atoms with Gasteiger partial charge in [-0.05, 0) is 22.4 Å². The number of carboxylic acid groups (broad SMARTS) is 1. The van der Waals surface area contributed by atoms with Crippen molar-refractivity contribution >= 4 is 41.8 Å². The largest absolute Gasteiger partial charge is 0.481 e. The Morgan fingerprint density at radius 1 is 1.50 bits per heavy atom. The molecule has 1 aromatic rings. The number of thiol groups is 1. The molecule has 0 aliphatic rings. The summed E-state index contributed by atoms with van der Waals surface area (Å²) in [5, 5.41) is 12.4. The summed E-state index contributed by atoms with van der Waals surface area (Å²) in [7, 11) is 1.21. The fourth-order valence-corrected chi connectivity index (χ4v) is 2.85. The highest BCUT2D eigenvalue weighted by Gasteiger charge is 2.33. The lowest BCUT2D eigenvalue weighted by Crippen LogP contribution is -2.52. The van der Waals surface area contributed by atoms with Crippen molar-refractivity contribution < 1.29 is 24.2 Å². The highest BCUT2D eigenvalue weighted by Crippen LogP contribution is 2.15. The summed E-state index contributed by atoms with van der Waals surface area (Å²) < 4.78 is 4.68. The lowest BCUT2D eigenvalue weighted by molar-refractivity contribution is -0.153. The Morgan fingerprint density at radius 2 is 2.18 bits per heavy atom. The number of ether oxygens (including phenoxy) is 1. The number of esters is 1. The standard InChI is InChI=1S/C13H18N2O5S2/c1-20-13(19)10(6-21)15(5-8-2-3-22-7-8)12(18)9(14)4-11(16)17/h2-3,7,9-10,21H,4-6,14H2,1H3,(H,16,17)/t9-,10-/m0/s1. The van der Waals surface area contributed by atoms with Gasteiger partial charge in [0.1, 0.15) is 6.04 Å². The number of nitrogens with zero attached hydrogens (tertiary/aromatic N) is 1. The quantitative estimate of drug-likeness (QED) is 0.463. The van der Waals surface area contributed by atoms with Crippen LogP contribution < -0.4 is 5.73 Å². The van der Waals surface area contributed by atoms with Crippen molar-refractivity contribution in [3.63, 3.8) is 0 Å². The van der Waals surface area contributed by atoms with Crippen molar-refractivity contribution in [2.24, 2.45) is 5.73 Å². The Morgan fingerprint density at radius 3 is 2.64 bits per heavy atom. The fourth-order valence-electron chi connectivity index (χ4n) is 1.85. The summed E-state index contributed by atoms with van der Waals surface area (Å²) in [5.41, 5.74) is 6.45. The van der Waals surface area contributed by atoms with E-state index in [1.54, 1.807) is 6.07 Å². The molecular weight excluding hydrogens is 328 g/mol. The van der Waals surface area contributed by atoms with Crippen LogP contribution in [0.3, 0.4) is 0 Å². The number of carbonyl (C=O) groups is 3. The average Bonchev–Trinajstić information content (AvgIpc) is 2.98. The highest BCUT2D eigenvalue weighted by atomic mass is 32.1. The van der Waals surface area contributed by atoms with Gasteiger partial charge >= 0.3 is 11.9 Å². The summed E-state index contributed by atoms with van der Waals surface area (Å²) in [6.07, 6.45) is -0.514. The minimum absolute atomic E-state index is 0.0440. The molecule has 3 N–H and O–H groups in total. The van der Waals surface area contributed by atoms with Crippen LogP contribution in [0, 0.1) is 0 Å². The number of carboxylic acids is 1. The summed E-state index contributed by atoms with van der Waals surface area (Å²) in [6, 6.07) is -0.357. The van der Waals surface area contributed by atoms with Gasteiger partial charge in [-0.25, -0.2) is 4.79 Å². The van der Waals surface area contributed by atoms with Crippen molar-refractivity contribution in [1.82, 2.24) is 4.90 Å². The minimum Gasteiger partial charge on any atom is -0.481 e. The maximum atomic E-state index is 12.4. The Kier molecular flexibility index (Phi) is 7.36. The van der Waals surface area contributed by atoms with Crippen LogP contribution in [0.1, 0.15) is 12.0 Å². The summed E-state index contributed by atoms with van der Waals surface area (Å²) in [4.78, 5) is 36.2. The third-order valence-electron chi connectivity index (χ3n) is 2.95. The molecule has 0 spiro atoms. The van der Waals surface area contributed by atoms with Gasteiger partial charge in [-0.3, -0.25) is 9.59 Å². The van der Waals surface area contributed by atoms with Gasteiger partial charge in [-0.15, -0.1) is 0 Å². The van der Waals surface area contributed by atoms with Crippen molar-refractivity contribution in [2.45, 2.75) is 25.0 Å². The molecule has 0 unspecified atom stereocenters. The number of hydrogen-bond donors (Lipinski definition) is 3. The SMILES string of the molecule is COC(=O)[C@H](CS)N(Cc1ccsc1)C(=O)[C@@H](N)CC(=O)O. The lowest BCUT2D eigenvalue weighted by atomic mass is 10.1. The zero-order valence-corrected chi connectivity index (χ0v) is 13.7. The van der Waals surface area contributed by atoms with Gasteiger partial charge in [0.15, 0.2) is 0 Å². The predicted octanol–water partition coefficient (Wildman–Crippen LogP) is 0.350. The number of thiophene rings is 1. The van der Waals surface area contributed by atoms with E-state index < -0.39 is 36.4 Å². The molecule has 0 saturated heterocycles. The second-order valence-corrected chi connectivity index (χ2v) is 5.67. The Labute approximate surface area is 137 Å². The number of aliphatic carboxylic acids is 1. The van der Waals surface area contributed by atoms with Gasteiger partial charge in [-0.2, -0.15) is 24.0 Å². The summed E-state index contributed by atoms with van der Waals surface area (Å²) >= 11 is 5.53. The van der Waals surface area contributed by atoms with E-state index in [4.69, 9.17) is 10.8 Å². The summed E-state index contributed by atoms with van der Waals surface area (Å²) in [6.45, 7) is 0.135. The minimum atomic E-state index is -1.23. The Bertz CT molecular complexity index is 521. The van der Waals surface area contributed by atoms with Gasteiger partial charge in [0.05, 0.1) is 19.6 Å². The maximum absolute atomic E-state index is 12.4. The molecule has 9 heteroatoms. The average molecular weight is 346 g/mol. The zero-order valence-electron chi connectivity index (χ0n) is 12.0. The number of hydrogen-bond acceptors (Lipinski definition) is 7. The van der Waals surface area contributed by atoms with Gasteiger partial charge < -0.3 is 20.5 Å². The molecule has 22 heavy (non-hydrogen) atoms. The first-order chi connectivity index (χ1) is 10.4. The maximum Gasteiger partial charge on any atom is 0.329 e. The predicted molar refractivity (Wildman–Crippen MR) is 84.8 cm³/mol. The molecule has 1 amide bonds. The monoisotopic (exact) mass is 346 g/mol. The van der Waals surface area contributed by atoms with Crippen molar-refractivity contribution in [3.05, 3.63) is 22.4 Å². The molecule has 7 nitrogen and oxygen atoms in total. The molecule has 0 bridgehead atoms. The molecule has 0 fully saturated rings. The topological polar surface area (TPSA) is 110 Å². The van der Waals surface area contributed by atoms with Crippen molar-refractivity contribution in [2.75, 3.05) is 12.9 Å². The lowest BCUT2D eigenvalue weighted by Gasteiger charge is -2.30. The second kappa shape index (κ2) is 8.76. The molecule has 2 atom stereocenters. The number of amides is 1. The van der Waals surface area contributed by atoms with Crippen molar-refractivity contribution in [1.29, 1.82) is 0 Å². The van der Waals surface area contributed by atoms with E-state index >= 15 is 0 Å². The molecule has 1 rings (SSSR count). The van der Waals surface area contributed by atoms with E-state index in [1.807, 2.05) is 10.8 Å². The van der Waals surface area contributed by atoms with E-state index in [2.05, 4.69) is 17.4 Å². The van der Waals surface area contributed by atoms with Crippen LogP contribution in [0.5, 0.6) is 0 Å². The van der Waals surface area contributed by atoms with E-state index in [1.165, 1.54) is 23.3 Å². The Balaban J connectivity index is 3.01. The van der Waals surface area contributed by atoms with Crippen LogP contribution in [-0.2, 0) is 25.7 Å². The van der Waals surface area contributed by atoms with Crippen LogP contribution in [-0.4, -0.2) is 52.8 Å². The van der Waals surface area contributed by atoms with E-state index in [0.29, 0.717) is 0 Å². The number of methoxy groups -OCH3 is 1. The van der Waals surface area contributed by atoms with Crippen LogP contribution in [0.2, 0.25) is 0 Å². The van der Waals surface area contributed by atoms with E-state index in [0.717, 1.165) is 5.56 Å². The van der Waals surface area contributed by atoms with Crippen molar-refractivity contribution in [3.8, 4) is 0 Å². The molecule has 0 aliphatic heterocycles. The number of rotatable bonds is 8. The van der Waals surface area contributed by atoms with E-state index in [-0.39, 0.29) is 12.3 Å². The number of carbonyl (C=O) groups excluding carboxylic acids is 2. The molecule has 0 aromatic carbocycles. The smallest absolute Gasteiger partial charge is 0.329 e. The molecule has 0 radical (unpaired) electrons. The third-order valence-corrected chi connectivity index (χ3v) is 4.03. The first-order valence-electron chi connectivity index (χ1n) is 6.38. The second-order valence-electron chi connectivity index (χ2n) is 4.52. The Hall–Kier alpha value is -1.58. The summed E-state index contributed by atoms with van der Waals surface area (Å²) in [5.74, 6) is -2.39. The molecule has 1 aromatic heterocycles. The molecule has 1 heterocycles. The normalized spacial score (nSPS) is 13.2. The van der Waals surface area contributed by atoms with Gasteiger partial charge in [0.2, 0.25) is 5.91 Å². The highest BCUT2D eigenvalue weighted by molar-refractivity contribution is 7.80. The van der Waals surface area contributed by atoms with Crippen LogP contribution in [0.15, 0.2) is 16.8 Å². The van der Waals surface area contributed by atoms with Gasteiger partial charge in [0, 0.05) is 12.3 Å². The van der Waals surface area contributed by atoms with Crippen LogP contribution in [0.4, 0.5) is 0 Å².